The van der Waals surface area contributed by atoms with E-state index in [9.17, 15) is 9.59 Å². The highest BCUT2D eigenvalue weighted by Gasteiger charge is 2.59. The Morgan fingerprint density at radius 3 is 2.48 bits per heavy atom. The van der Waals surface area contributed by atoms with E-state index in [1.807, 2.05) is 0 Å². The molecule has 3 fully saturated rings. The van der Waals surface area contributed by atoms with Crippen LogP contribution in [0.5, 0.6) is 0 Å². The zero-order valence-electron chi connectivity index (χ0n) is 15.7. The van der Waals surface area contributed by atoms with Crippen molar-refractivity contribution in [2.75, 3.05) is 13.9 Å². The molecule has 0 aliphatic heterocycles. The second-order valence-electron chi connectivity index (χ2n) is 9.03. The zero-order valence-corrected chi connectivity index (χ0v) is 15.7. The zero-order chi connectivity index (χ0) is 17.8. The molecule has 0 N–H and O–H groups in total. The van der Waals surface area contributed by atoms with Crippen LogP contribution >= 0.6 is 0 Å². The summed E-state index contributed by atoms with van der Waals surface area (Å²) in [4.78, 5) is 24.9. The van der Waals surface area contributed by atoms with Gasteiger partial charge in [-0.05, 0) is 67.3 Å². The van der Waals surface area contributed by atoms with Crippen molar-refractivity contribution >= 4 is 11.6 Å². The maximum atomic E-state index is 12.5. The molecule has 0 saturated heterocycles. The van der Waals surface area contributed by atoms with Gasteiger partial charge < -0.3 is 9.47 Å². The van der Waals surface area contributed by atoms with E-state index in [1.165, 1.54) is 5.57 Å². The first-order valence-electron chi connectivity index (χ1n) is 9.83. The van der Waals surface area contributed by atoms with Crippen molar-refractivity contribution in [2.24, 2.45) is 28.6 Å². The number of rotatable bonds is 3. The molecule has 0 unspecified atom stereocenters. The van der Waals surface area contributed by atoms with Gasteiger partial charge in [0.1, 0.15) is 5.78 Å². The van der Waals surface area contributed by atoms with Crippen LogP contribution in [0, 0.1) is 28.6 Å². The second kappa shape index (κ2) is 5.94. The van der Waals surface area contributed by atoms with E-state index in [0.717, 1.165) is 44.9 Å². The Morgan fingerprint density at radius 2 is 1.72 bits per heavy atom. The molecule has 0 spiro atoms. The maximum Gasteiger partial charge on any atom is 0.197 e. The average Bonchev–Trinajstić information content (AvgIpc) is 2.90. The fraction of sp³-hybridized carbons (Fsp3) is 0.810. The van der Waals surface area contributed by atoms with Gasteiger partial charge in [-0.3, -0.25) is 9.59 Å². The van der Waals surface area contributed by atoms with Gasteiger partial charge in [0, 0.05) is 25.4 Å². The Kier molecular flexibility index (Phi) is 4.10. The molecule has 0 amide bonds. The van der Waals surface area contributed by atoms with E-state index < -0.39 is 0 Å². The van der Waals surface area contributed by atoms with Crippen molar-refractivity contribution < 1.29 is 19.1 Å². The van der Waals surface area contributed by atoms with Crippen molar-refractivity contribution in [1.82, 2.24) is 0 Å². The lowest BCUT2D eigenvalue weighted by molar-refractivity contribution is -0.133. The molecule has 0 aromatic rings. The molecule has 0 aromatic carbocycles. The number of hydrogen-bond donors (Lipinski definition) is 0. The van der Waals surface area contributed by atoms with Gasteiger partial charge in [-0.1, -0.05) is 13.8 Å². The number of ketones is 2. The van der Waals surface area contributed by atoms with Crippen molar-refractivity contribution in [3.63, 3.8) is 0 Å². The predicted molar refractivity (Wildman–Crippen MR) is 93.6 cm³/mol. The largest absolute Gasteiger partial charge is 0.464 e. The minimum absolute atomic E-state index is 0.0485. The molecule has 4 aliphatic carbocycles. The van der Waals surface area contributed by atoms with Crippen molar-refractivity contribution in [3.05, 3.63) is 11.3 Å². The molecular weight excluding hydrogens is 316 g/mol. The molecule has 4 rings (SSSR count). The third-order valence-electron chi connectivity index (χ3n) is 8.10. The number of carbonyl (C=O) groups is 2. The van der Waals surface area contributed by atoms with Gasteiger partial charge in [0.25, 0.3) is 0 Å². The topological polar surface area (TPSA) is 52.6 Å². The molecule has 25 heavy (non-hydrogen) atoms. The van der Waals surface area contributed by atoms with Gasteiger partial charge >= 0.3 is 0 Å². The van der Waals surface area contributed by atoms with Gasteiger partial charge in [-0.25, -0.2) is 0 Å². The molecule has 4 heteroatoms. The molecule has 4 aliphatic rings. The molecule has 0 bridgehead atoms. The fourth-order valence-electron chi connectivity index (χ4n) is 6.72. The van der Waals surface area contributed by atoms with Gasteiger partial charge in [-0.15, -0.1) is 0 Å². The second-order valence-corrected chi connectivity index (χ2v) is 9.03. The lowest BCUT2D eigenvalue weighted by atomic mass is 9.47. The summed E-state index contributed by atoms with van der Waals surface area (Å²) in [5.74, 6) is 2.96. The van der Waals surface area contributed by atoms with Crippen LogP contribution in [-0.4, -0.2) is 25.5 Å². The first-order valence-corrected chi connectivity index (χ1v) is 9.83. The van der Waals surface area contributed by atoms with Gasteiger partial charge in [0.15, 0.2) is 18.3 Å². The quantitative estimate of drug-likeness (QED) is 0.724. The highest BCUT2D eigenvalue weighted by atomic mass is 16.7. The number of hydrogen-bond acceptors (Lipinski definition) is 4. The number of allylic oxidation sites excluding steroid dienone is 1. The number of methoxy groups -OCH3 is 1. The van der Waals surface area contributed by atoms with Crippen LogP contribution in [0.1, 0.15) is 65.2 Å². The first-order chi connectivity index (χ1) is 11.9. The summed E-state index contributed by atoms with van der Waals surface area (Å²) in [5.41, 5.74) is 1.20. The summed E-state index contributed by atoms with van der Waals surface area (Å²) in [6, 6.07) is 0. The van der Waals surface area contributed by atoms with Crippen LogP contribution < -0.4 is 0 Å². The number of ether oxygens (including phenoxy) is 2. The lowest BCUT2D eigenvalue weighted by Gasteiger charge is -2.57. The highest BCUT2D eigenvalue weighted by molar-refractivity contribution is 5.95. The summed E-state index contributed by atoms with van der Waals surface area (Å²) in [7, 11) is 1.59. The highest BCUT2D eigenvalue weighted by Crippen LogP contribution is 2.64. The number of fused-ring (bicyclic) bond motifs is 5. The van der Waals surface area contributed by atoms with Crippen LogP contribution in [0.25, 0.3) is 0 Å². The Bertz CT molecular complexity index is 636. The maximum absolute atomic E-state index is 12.5. The van der Waals surface area contributed by atoms with Crippen molar-refractivity contribution in [3.8, 4) is 0 Å². The average molecular weight is 346 g/mol. The predicted octanol–water partition coefficient (Wildman–Crippen LogP) is 4.04. The standard InChI is InChI=1S/C21H30O4/c1-20-11-9-17(22)19(25-12-24-3)16(20)5-4-13-14-6-7-18(23)21(14,2)10-8-15(13)20/h13-15H,4-12H2,1-3H3/t13-,14-,15-,20+,21-/m0/s1. The van der Waals surface area contributed by atoms with Crippen LogP contribution in [0.2, 0.25) is 0 Å². The Hall–Kier alpha value is -1.16. The summed E-state index contributed by atoms with van der Waals surface area (Å²) >= 11 is 0. The van der Waals surface area contributed by atoms with E-state index >= 15 is 0 Å². The SMILES string of the molecule is COCOC1=C2CC[C@@H]3[C@H](CC[C@]4(C)C(=O)CC[C@@H]34)[C@@]2(C)CCC1=O. The normalized spacial score (nSPS) is 43.6. The van der Waals surface area contributed by atoms with E-state index in [0.29, 0.717) is 35.7 Å². The molecule has 0 aromatic heterocycles. The molecule has 3 saturated carbocycles. The van der Waals surface area contributed by atoms with E-state index in [1.54, 1.807) is 7.11 Å². The van der Waals surface area contributed by atoms with Crippen LogP contribution in [0.4, 0.5) is 0 Å². The summed E-state index contributed by atoms with van der Waals surface area (Å²) in [6.45, 7) is 4.71. The van der Waals surface area contributed by atoms with Crippen LogP contribution in [0.15, 0.2) is 11.3 Å². The van der Waals surface area contributed by atoms with Gasteiger partial charge in [0.2, 0.25) is 0 Å². The lowest BCUT2D eigenvalue weighted by Crippen LogP contribution is -2.51. The summed E-state index contributed by atoms with van der Waals surface area (Å²) in [6.07, 6.45) is 7.49. The number of Topliss-reactive ketones (excluding diaryl/α,β-unsaturated/α-hetero) is 2. The van der Waals surface area contributed by atoms with Crippen molar-refractivity contribution in [1.29, 1.82) is 0 Å². The molecule has 138 valence electrons. The minimum atomic E-state index is -0.0847. The van der Waals surface area contributed by atoms with Gasteiger partial charge in [-0.2, -0.15) is 0 Å². The Balaban J connectivity index is 1.69. The first kappa shape index (κ1) is 17.3. The van der Waals surface area contributed by atoms with E-state index in [-0.39, 0.29) is 23.4 Å². The molecular formula is C21H30O4. The van der Waals surface area contributed by atoms with E-state index in [4.69, 9.17) is 9.47 Å². The fourth-order valence-corrected chi connectivity index (χ4v) is 6.72. The minimum Gasteiger partial charge on any atom is -0.464 e. The Morgan fingerprint density at radius 1 is 0.960 bits per heavy atom. The molecule has 0 heterocycles. The third kappa shape index (κ3) is 2.36. The Labute approximate surface area is 150 Å². The van der Waals surface area contributed by atoms with Crippen LogP contribution in [-0.2, 0) is 19.1 Å². The summed E-state index contributed by atoms with van der Waals surface area (Å²) < 4.78 is 10.8. The van der Waals surface area contributed by atoms with Crippen LogP contribution in [0.3, 0.4) is 0 Å². The third-order valence-corrected chi connectivity index (χ3v) is 8.10. The monoisotopic (exact) mass is 346 g/mol. The smallest absolute Gasteiger partial charge is 0.197 e. The van der Waals surface area contributed by atoms with E-state index in [2.05, 4.69) is 13.8 Å². The van der Waals surface area contributed by atoms with Crippen molar-refractivity contribution in [2.45, 2.75) is 65.2 Å². The summed E-state index contributed by atoms with van der Waals surface area (Å²) in [5, 5.41) is 0. The molecule has 4 nitrogen and oxygen atoms in total. The molecule has 5 atom stereocenters. The van der Waals surface area contributed by atoms with Gasteiger partial charge in [0.05, 0.1) is 0 Å². The molecule has 0 radical (unpaired) electrons. The number of carbonyl (C=O) groups excluding carboxylic acids is 2.